The highest BCUT2D eigenvalue weighted by molar-refractivity contribution is 7.10. The number of rotatable bonds is 4. The van der Waals surface area contributed by atoms with Gasteiger partial charge in [-0.15, -0.1) is 11.3 Å². The fraction of sp³-hybridized carbons (Fsp3) is 0.316. The number of nitrogens with zero attached hydrogens (tertiary/aromatic N) is 1. The maximum atomic E-state index is 12.4. The Kier molecular flexibility index (Phi) is 5.15. The van der Waals surface area contributed by atoms with Crippen LogP contribution in [0, 0.1) is 11.3 Å². The molecule has 1 heterocycles. The third kappa shape index (κ3) is 3.72. The number of carbonyl (C=O) groups is 2. The number of fused-ring (bicyclic) bond motifs is 1. The Morgan fingerprint density at radius 1 is 1.28 bits per heavy atom. The Bertz CT molecular complexity index is 851. The molecule has 0 saturated carbocycles. The van der Waals surface area contributed by atoms with Crippen molar-refractivity contribution in [2.24, 2.45) is 0 Å². The van der Waals surface area contributed by atoms with E-state index in [1.165, 1.54) is 11.8 Å². The van der Waals surface area contributed by atoms with Crippen LogP contribution < -0.4 is 5.32 Å². The van der Waals surface area contributed by atoms with Crippen molar-refractivity contribution in [2.75, 3.05) is 5.32 Å². The average Bonchev–Trinajstić information content (AvgIpc) is 3.06. The van der Waals surface area contributed by atoms with Gasteiger partial charge in [-0.25, -0.2) is 4.79 Å². The number of amides is 1. The second kappa shape index (κ2) is 7.49. The van der Waals surface area contributed by atoms with Gasteiger partial charge in [-0.05, 0) is 50.3 Å². The number of esters is 1. The third-order valence-corrected chi connectivity index (χ3v) is 5.33. The van der Waals surface area contributed by atoms with Gasteiger partial charge in [0.05, 0.1) is 16.8 Å². The van der Waals surface area contributed by atoms with E-state index in [9.17, 15) is 9.59 Å². The first-order valence-corrected chi connectivity index (χ1v) is 9.08. The van der Waals surface area contributed by atoms with Gasteiger partial charge in [0.1, 0.15) is 6.07 Å². The molecule has 1 amide bonds. The number of hydrogen-bond donors (Lipinski definition) is 1. The van der Waals surface area contributed by atoms with Gasteiger partial charge in [0.15, 0.2) is 6.10 Å². The summed E-state index contributed by atoms with van der Waals surface area (Å²) in [6, 6.07) is 8.72. The normalized spacial score (nSPS) is 14.1. The Labute approximate surface area is 150 Å². The third-order valence-electron chi connectivity index (χ3n) is 4.24. The number of benzene rings is 1. The summed E-state index contributed by atoms with van der Waals surface area (Å²) in [6.07, 6.45) is 3.18. The van der Waals surface area contributed by atoms with E-state index in [2.05, 4.69) is 5.32 Å². The molecule has 128 valence electrons. The smallest absolute Gasteiger partial charge is 0.340 e. The van der Waals surface area contributed by atoms with E-state index in [0.29, 0.717) is 16.8 Å². The molecular weight excluding hydrogens is 336 g/mol. The zero-order valence-electron chi connectivity index (χ0n) is 13.9. The fourth-order valence-electron chi connectivity index (χ4n) is 2.87. The fourth-order valence-corrected chi connectivity index (χ4v) is 3.98. The number of hydrogen-bond acceptors (Lipinski definition) is 5. The van der Waals surface area contributed by atoms with E-state index < -0.39 is 18.0 Å². The number of nitriles is 1. The predicted octanol–water partition coefficient (Wildman–Crippen LogP) is 3.68. The molecule has 1 aliphatic carbocycles. The molecule has 1 aromatic heterocycles. The number of carbonyl (C=O) groups excluding carboxylic acids is 2. The lowest BCUT2D eigenvalue weighted by Gasteiger charge is -2.16. The molecule has 3 rings (SSSR count). The molecule has 1 N–H and O–H groups in total. The number of anilines is 1. The Balaban J connectivity index is 1.66. The van der Waals surface area contributed by atoms with Crippen molar-refractivity contribution in [1.82, 2.24) is 0 Å². The summed E-state index contributed by atoms with van der Waals surface area (Å²) in [5.41, 5.74) is 2.42. The second-order valence-electron chi connectivity index (χ2n) is 5.95. The Hall–Kier alpha value is -2.65. The molecule has 1 aliphatic rings. The topological polar surface area (TPSA) is 79.2 Å². The molecular formula is C19H18N2O3S. The monoisotopic (exact) mass is 354 g/mol. The molecule has 0 spiro atoms. The van der Waals surface area contributed by atoms with Gasteiger partial charge in [0.25, 0.3) is 5.91 Å². The summed E-state index contributed by atoms with van der Waals surface area (Å²) in [4.78, 5) is 25.9. The van der Waals surface area contributed by atoms with Gasteiger partial charge in [0.2, 0.25) is 0 Å². The van der Waals surface area contributed by atoms with Crippen LogP contribution in [0.3, 0.4) is 0 Å². The van der Waals surface area contributed by atoms with Crippen molar-refractivity contribution in [3.63, 3.8) is 0 Å². The minimum Gasteiger partial charge on any atom is -0.449 e. The lowest BCUT2D eigenvalue weighted by molar-refractivity contribution is -0.123. The highest BCUT2D eigenvalue weighted by atomic mass is 32.1. The van der Waals surface area contributed by atoms with Crippen LogP contribution >= 0.6 is 11.3 Å². The van der Waals surface area contributed by atoms with Crippen LogP contribution in [0.5, 0.6) is 0 Å². The number of thiophene rings is 1. The summed E-state index contributed by atoms with van der Waals surface area (Å²) in [6.45, 7) is 1.53. The van der Waals surface area contributed by atoms with E-state index in [-0.39, 0.29) is 0 Å². The number of para-hydroxylation sites is 1. The highest BCUT2D eigenvalue weighted by Crippen LogP contribution is 2.30. The standard InChI is InChI=1S/C19H18N2O3S/c1-12(18(22)21-16-8-4-2-6-13(16)10-20)24-19(23)15-11-25-17-9-5-3-7-14(15)17/h2,4,6,8,11-12H,3,5,7,9H2,1H3,(H,21,22)/t12-/m1/s1. The molecule has 0 radical (unpaired) electrons. The summed E-state index contributed by atoms with van der Waals surface area (Å²) in [5, 5.41) is 13.5. The summed E-state index contributed by atoms with van der Waals surface area (Å²) >= 11 is 1.59. The number of nitrogens with one attached hydrogen (secondary N) is 1. The van der Waals surface area contributed by atoms with Crippen molar-refractivity contribution in [2.45, 2.75) is 38.7 Å². The lowest BCUT2D eigenvalue weighted by Crippen LogP contribution is -2.30. The maximum Gasteiger partial charge on any atom is 0.340 e. The molecule has 1 atom stereocenters. The Morgan fingerprint density at radius 2 is 2.04 bits per heavy atom. The van der Waals surface area contributed by atoms with Crippen LogP contribution in [-0.2, 0) is 22.4 Å². The van der Waals surface area contributed by atoms with Gasteiger partial charge in [-0.3, -0.25) is 4.79 Å². The SMILES string of the molecule is C[C@@H](OC(=O)c1csc2c1CCCC2)C(=O)Nc1ccccc1C#N. The Morgan fingerprint density at radius 3 is 2.84 bits per heavy atom. The van der Waals surface area contributed by atoms with Crippen molar-refractivity contribution in [3.05, 3.63) is 51.2 Å². The molecule has 0 aliphatic heterocycles. The summed E-state index contributed by atoms with van der Waals surface area (Å²) in [5.74, 6) is -0.921. The van der Waals surface area contributed by atoms with E-state index in [1.807, 2.05) is 11.4 Å². The van der Waals surface area contributed by atoms with Gasteiger partial charge >= 0.3 is 5.97 Å². The van der Waals surface area contributed by atoms with Gasteiger partial charge in [0, 0.05) is 10.3 Å². The second-order valence-corrected chi connectivity index (χ2v) is 6.92. The maximum absolute atomic E-state index is 12.4. The first-order chi connectivity index (χ1) is 12.1. The van der Waals surface area contributed by atoms with Gasteiger partial charge in [-0.2, -0.15) is 5.26 Å². The van der Waals surface area contributed by atoms with Crippen LogP contribution in [0.25, 0.3) is 0 Å². The van der Waals surface area contributed by atoms with Crippen molar-refractivity contribution >= 4 is 28.9 Å². The molecule has 0 bridgehead atoms. The minimum absolute atomic E-state index is 0.362. The minimum atomic E-state index is -0.946. The molecule has 0 unspecified atom stereocenters. The first-order valence-electron chi connectivity index (χ1n) is 8.20. The molecule has 1 aromatic carbocycles. The molecule has 6 heteroatoms. The zero-order chi connectivity index (χ0) is 17.8. The predicted molar refractivity (Wildman–Crippen MR) is 95.6 cm³/mol. The molecule has 0 saturated heterocycles. The van der Waals surface area contributed by atoms with Crippen LogP contribution in [0.1, 0.15) is 46.1 Å². The van der Waals surface area contributed by atoms with Crippen LogP contribution in [0.2, 0.25) is 0 Å². The lowest BCUT2D eigenvalue weighted by atomic mass is 9.96. The van der Waals surface area contributed by atoms with Gasteiger partial charge < -0.3 is 10.1 Å². The largest absolute Gasteiger partial charge is 0.449 e. The molecule has 25 heavy (non-hydrogen) atoms. The molecule has 5 nitrogen and oxygen atoms in total. The van der Waals surface area contributed by atoms with E-state index in [1.54, 1.807) is 35.6 Å². The average molecular weight is 354 g/mol. The van der Waals surface area contributed by atoms with Crippen molar-refractivity contribution in [1.29, 1.82) is 5.26 Å². The van der Waals surface area contributed by atoms with Crippen LogP contribution in [-0.4, -0.2) is 18.0 Å². The molecule has 0 fully saturated rings. The zero-order valence-corrected chi connectivity index (χ0v) is 14.7. The first kappa shape index (κ1) is 17.2. The summed E-state index contributed by atoms with van der Waals surface area (Å²) < 4.78 is 5.34. The summed E-state index contributed by atoms with van der Waals surface area (Å²) in [7, 11) is 0. The molecule has 2 aromatic rings. The number of ether oxygens (including phenoxy) is 1. The van der Waals surface area contributed by atoms with E-state index >= 15 is 0 Å². The van der Waals surface area contributed by atoms with Crippen molar-refractivity contribution < 1.29 is 14.3 Å². The van der Waals surface area contributed by atoms with Gasteiger partial charge in [-0.1, -0.05) is 12.1 Å². The van der Waals surface area contributed by atoms with Crippen LogP contribution in [0.15, 0.2) is 29.6 Å². The highest BCUT2D eigenvalue weighted by Gasteiger charge is 2.25. The van der Waals surface area contributed by atoms with Crippen LogP contribution in [0.4, 0.5) is 5.69 Å². The quantitative estimate of drug-likeness (QED) is 0.850. The van der Waals surface area contributed by atoms with Crippen molar-refractivity contribution in [3.8, 4) is 6.07 Å². The number of aryl methyl sites for hydroxylation is 1. The van der Waals surface area contributed by atoms with E-state index in [0.717, 1.165) is 31.2 Å². The van der Waals surface area contributed by atoms with E-state index in [4.69, 9.17) is 10.00 Å².